The summed E-state index contributed by atoms with van der Waals surface area (Å²) in [5.74, 6) is 7.86. The van der Waals surface area contributed by atoms with Gasteiger partial charge in [-0.15, -0.1) is 13.0 Å². The van der Waals surface area contributed by atoms with Crippen molar-refractivity contribution in [2.75, 3.05) is 26.4 Å². The molecule has 2 heteroatoms. The maximum atomic E-state index is 5.00. The van der Waals surface area contributed by atoms with Gasteiger partial charge >= 0.3 is 0 Å². The molecule has 0 aromatic carbocycles. The molecule has 0 aliphatic heterocycles. The van der Waals surface area contributed by atoms with Crippen LogP contribution in [-0.2, 0) is 9.47 Å². The van der Waals surface area contributed by atoms with E-state index in [0.29, 0.717) is 26.4 Å². The van der Waals surface area contributed by atoms with E-state index in [2.05, 4.69) is 24.3 Å². The van der Waals surface area contributed by atoms with Crippen molar-refractivity contribution in [2.45, 2.75) is 0 Å². The number of ether oxygens (including phenoxy) is 2. The molecule has 0 amide bonds. The largest absolute Gasteiger partial charge is 0.365 e. The molecule has 0 rings (SSSR count). The summed E-state index contributed by atoms with van der Waals surface area (Å²) < 4.78 is 9.91. The number of terminal acetylenes is 1. The van der Waals surface area contributed by atoms with Gasteiger partial charge in [0.15, 0.2) is 0 Å². The lowest BCUT2D eigenvalue weighted by Crippen LogP contribution is -1.93. The van der Waals surface area contributed by atoms with E-state index in [-0.39, 0.29) is 0 Å². The minimum atomic E-state index is 0.308. The zero-order valence-corrected chi connectivity index (χ0v) is 7.01. The fourth-order valence-electron chi connectivity index (χ4n) is 0.456. The lowest BCUT2D eigenvalue weighted by Gasteiger charge is -1.91. The lowest BCUT2D eigenvalue weighted by atomic mass is 10.6. The third kappa shape index (κ3) is 8.78. The van der Waals surface area contributed by atoms with Gasteiger partial charge in [-0.1, -0.05) is 23.8 Å². The van der Waals surface area contributed by atoms with Gasteiger partial charge in [0, 0.05) is 0 Å². The highest BCUT2D eigenvalue weighted by atomic mass is 16.5. The fraction of sp³-hybridized carbons (Fsp3) is 0.400. The minimum Gasteiger partial charge on any atom is -0.365 e. The standard InChI is InChI=1S/C10H12O2/c1-3-7-11-9-5-6-10-12-8-4-2/h1,4H,2,7-10H2. The molecule has 0 atom stereocenters. The van der Waals surface area contributed by atoms with E-state index in [0.717, 1.165) is 0 Å². The maximum Gasteiger partial charge on any atom is 0.109 e. The van der Waals surface area contributed by atoms with Crippen LogP contribution < -0.4 is 0 Å². The first-order chi connectivity index (χ1) is 5.91. The van der Waals surface area contributed by atoms with Crippen LogP contribution in [0.5, 0.6) is 0 Å². The number of hydrogen-bond acceptors (Lipinski definition) is 2. The molecule has 0 bridgehead atoms. The Morgan fingerprint density at radius 2 is 1.83 bits per heavy atom. The Kier molecular flexibility index (Phi) is 8.79. The summed E-state index contributed by atoms with van der Waals surface area (Å²) in [5, 5.41) is 0. The third-order valence-electron chi connectivity index (χ3n) is 0.895. The Hall–Kier alpha value is -1.22. The van der Waals surface area contributed by atoms with Crippen LogP contribution in [0, 0.1) is 24.2 Å². The van der Waals surface area contributed by atoms with Crippen molar-refractivity contribution in [2.24, 2.45) is 0 Å². The highest BCUT2D eigenvalue weighted by molar-refractivity contribution is 4.99. The van der Waals surface area contributed by atoms with E-state index in [1.165, 1.54) is 0 Å². The van der Waals surface area contributed by atoms with Gasteiger partial charge in [0.05, 0.1) is 6.61 Å². The maximum absolute atomic E-state index is 5.00. The summed E-state index contributed by atoms with van der Waals surface area (Å²) in [5.41, 5.74) is 0. The first-order valence-corrected chi connectivity index (χ1v) is 3.57. The average molecular weight is 164 g/mol. The molecule has 0 aromatic rings. The van der Waals surface area contributed by atoms with Crippen LogP contribution >= 0.6 is 0 Å². The Morgan fingerprint density at radius 1 is 1.17 bits per heavy atom. The van der Waals surface area contributed by atoms with Crippen LogP contribution in [0.4, 0.5) is 0 Å². The summed E-state index contributed by atoms with van der Waals surface area (Å²) in [7, 11) is 0. The molecule has 0 radical (unpaired) electrons. The summed E-state index contributed by atoms with van der Waals surface area (Å²) in [6, 6.07) is 0. The van der Waals surface area contributed by atoms with Gasteiger partial charge in [-0.05, 0) is 0 Å². The van der Waals surface area contributed by atoms with Crippen LogP contribution in [0.1, 0.15) is 0 Å². The second-order valence-corrected chi connectivity index (χ2v) is 1.85. The zero-order valence-electron chi connectivity index (χ0n) is 7.01. The molecule has 12 heavy (non-hydrogen) atoms. The number of hydrogen-bond donors (Lipinski definition) is 0. The minimum absolute atomic E-state index is 0.308. The molecule has 2 nitrogen and oxygen atoms in total. The Labute approximate surface area is 73.6 Å². The van der Waals surface area contributed by atoms with E-state index < -0.39 is 0 Å². The van der Waals surface area contributed by atoms with E-state index in [1.54, 1.807) is 6.08 Å². The first-order valence-electron chi connectivity index (χ1n) is 3.57. The van der Waals surface area contributed by atoms with Crippen molar-refractivity contribution in [3.8, 4) is 24.2 Å². The molecule has 0 saturated heterocycles. The van der Waals surface area contributed by atoms with Crippen LogP contribution in [-0.4, -0.2) is 26.4 Å². The molecule has 0 aliphatic rings. The van der Waals surface area contributed by atoms with Crippen LogP contribution in [0.3, 0.4) is 0 Å². The summed E-state index contributed by atoms with van der Waals surface area (Å²) in [6.07, 6.45) is 6.63. The quantitative estimate of drug-likeness (QED) is 0.340. The summed E-state index contributed by atoms with van der Waals surface area (Å²) in [6.45, 7) is 5.11. The smallest absolute Gasteiger partial charge is 0.109 e. The van der Waals surface area contributed by atoms with Crippen LogP contribution in [0.2, 0.25) is 0 Å². The van der Waals surface area contributed by atoms with Crippen molar-refractivity contribution >= 4 is 0 Å². The van der Waals surface area contributed by atoms with Crippen molar-refractivity contribution < 1.29 is 9.47 Å². The van der Waals surface area contributed by atoms with Crippen molar-refractivity contribution in [3.05, 3.63) is 12.7 Å². The molecule has 0 N–H and O–H groups in total. The van der Waals surface area contributed by atoms with Crippen molar-refractivity contribution in [3.63, 3.8) is 0 Å². The normalized spacial score (nSPS) is 7.92. The molecule has 64 valence electrons. The zero-order chi connectivity index (χ0) is 9.07. The highest BCUT2D eigenvalue weighted by Gasteiger charge is 1.77. The van der Waals surface area contributed by atoms with E-state index in [4.69, 9.17) is 15.9 Å². The Bertz CT molecular complexity index is 202. The van der Waals surface area contributed by atoms with Crippen molar-refractivity contribution in [1.29, 1.82) is 0 Å². The Morgan fingerprint density at radius 3 is 2.42 bits per heavy atom. The molecule has 0 heterocycles. The molecular formula is C10H12O2. The van der Waals surface area contributed by atoms with Gasteiger partial charge in [-0.25, -0.2) is 0 Å². The molecule has 0 saturated carbocycles. The van der Waals surface area contributed by atoms with Crippen LogP contribution in [0.25, 0.3) is 0 Å². The molecule has 0 fully saturated rings. The molecular weight excluding hydrogens is 152 g/mol. The average Bonchev–Trinajstić information content (AvgIpc) is 2.10. The molecule has 0 aromatic heterocycles. The van der Waals surface area contributed by atoms with Gasteiger partial charge in [-0.2, -0.15) is 0 Å². The molecule has 0 aliphatic carbocycles. The van der Waals surface area contributed by atoms with Gasteiger partial charge in [0.1, 0.15) is 19.8 Å². The predicted octanol–water partition coefficient (Wildman–Crippen LogP) is 0.842. The van der Waals surface area contributed by atoms with Gasteiger partial charge in [0.2, 0.25) is 0 Å². The predicted molar refractivity (Wildman–Crippen MR) is 48.4 cm³/mol. The van der Waals surface area contributed by atoms with Crippen LogP contribution in [0.15, 0.2) is 12.7 Å². The van der Waals surface area contributed by atoms with E-state index >= 15 is 0 Å². The van der Waals surface area contributed by atoms with Gasteiger partial charge < -0.3 is 9.47 Å². The monoisotopic (exact) mass is 164 g/mol. The van der Waals surface area contributed by atoms with Gasteiger partial charge in [0.25, 0.3) is 0 Å². The van der Waals surface area contributed by atoms with Crippen molar-refractivity contribution in [1.82, 2.24) is 0 Å². The third-order valence-corrected chi connectivity index (χ3v) is 0.895. The topological polar surface area (TPSA) is 18.5 Å². The highest BCUT2D eigenvalue weighted by Crippen LogP contribution is 1.73. The second-order valence-electron chi connectivity index (χ2n) is 1.85. The van der Waals surface area contributed by atoms with E-state index in [9.17, 15) is 0 Å². The first kappa shape index (κ1) is 10.8. The summed E-state index contributed by atoms with van der Waals surface area (Å²) >= 11 is 0. The SMILES string of the molecule is C#CCOCC#CCOCC=C. The fourth-order valence-corrected chi connectivity index (χ4v) is 0.456. The van der Waals surface area contributed by atoms with Gasteiger partial charge in [-0.3, -0.25) is 0 Å². The lowest BCUT2D eigenvalue weighted by molar-refractivity contribution is 0.195. The molecule has 0 spiro atoms. The second kappa shape index (κ2) is 9.78. The number of rotatable bonds is 5. The molecule has 0 unspecified atom stereocenters. The van der Waals surface area contributed by atoms with E-state index in [1.807, 2.05) is 0 Å². The summed E-state index contributed by atoms with van der Waals surface area (Å²) in [4.78, 5) is 0. The Balaban J connectivity index is 3.12.